The van der Waals surface area contributed by atoms with Crippen LogP contribution >= 0.6 is 0 Å². The first kappa shape index (κ1) is 25.3. The Hall–Kier alpha value is -4.68. The molecule has 0 nitrogen and oxygen atoms in total. The van der Waals surface area contributed by atoms with Gasteiger partial charge in [-0.05, 0) is 91.2 Å². The molecule has 0 saturated heterocycles. The van der Waals surface area contributed by atoms with Crippen LogP contribution in [0.25, 0.3) is 49.4 Å². The fourth-order valence-electron chi connectivity index (χ4n) is 6.60. The van der Waals surface area contributed by atoms with Gasteiger partial charge < -0.3 is 0 Å². The Morgan fingerprint density at radius 1 is 0.561 bits per heavy atom. The maximum absolute atomic E-state index is 2.45. The summed E-state index contributed by atoms with van der Waals surface area (Å²) in [6.07, 6.45) is 9.45. The second-order valence-corrected chi connectivity index (χ2v) is 11.4. The highest BCUT2D eigenvalue weighted by Gasteiger charge is 2.20. The van der Waals surface area contributed by atoms with Gasteiger partial charge in [-0.3, -0.25) is 0 Å². The molecule has 0 aromatic heterocycles. The lowest BCUT2D eigenvalue weighted by atomic mass is 9.81. The van der Waals surface area contributed by atoms with Crippen LogP contribution in [0, 0.1) is 11.8 Å². The van der Waals surface area contributed by atoms with Gasteiger partial charge in [0.05, 0.1) is 0 Å². The van der Waals surface area contributed by atoms with Gasteiger partial charge in [0.25, 0.3) is 0 Å². The van der Waals surface area contributed by atoms with Crippen LogP contribution in [0.1, 0.15) is 24.5 Å². The quantitative estimate of drug-likeness (QED) is 0.189. The molecule has 0 aliphatic heterocycles. The van der Waals surface area contributed by atoms with E-state index >= 15 is 0 Å². The summed E-state index contributed by atoms with van der Waals surface area (Å²) in [5.41, 5.74) is 9.17. The molecule has 6 aromatic carbocycles. The zero-order valence-electron chi connectivity index (χ0n) is 23.5. The molecule has 1 aliphatic rings. The summed E-state index contributed by atoms with van der Waals surface area (Å²) in [4.78, 5) is 0. The Labute approximate surface area is 243 Å². The van der Waals surface area contributed by atoms with Crippen molar-refractivity contribution in [1.29, 1.82) is 0 Å². The van der Waals surface area contributed by atoms with Crippen LogP contribution < -0.4 is 0 Å². The SMILES string of the molecule is CC(Cc1ccccc1)C1C=CC(c2ccc3c(-c4ccccc4)c4ccccc4c(-c4ccccc4)c3c2)=CC1. The molecule has 0 heteroatoms. The Kier molecular flexibility index (Phi) is 6.83. The van der Waals surface area contributed by atoms with Crippen LogP contribution in [0.5, 0.6) is 0 Å². The van der Waals surface area contributed by atoms with Crippen LogP contribution in [-0.2, 0) is 6.42 Å². The van der Waals surface area contributed by atoms with Crippen molar-refractivity contribution in [2.24, 2.45) is 11.8 Å². The summed E-state index contributed by atoms with van der Waals surface area (Å²) in [6.45, 7) is 2.39. The van der Waals surface area contributed by atoms with Gasteiger partial charge in [-0.25, -0.2) is 0 Å². The summed E-state index contributed by atoms with van der Waals surface area (Å²) >= 11 is 0. The van der Waals surface area contributed by atoms with Gasteiger partial charge in [0, 0.05) is 0 Å². The maximum Gasteiger partial charge on any atom is -0.00262 e. The predicted molar refractivity (Wildman–Crippen MR) is 177 cm³/mol. The average molecular weight is 527 g/mol. The van der Waals surface area contributed by atoms with Crippen molar-refractivity contribution in [1.82, 2.24) is 0 Å². The number of hydrogen-bond acceptors (Lipinski definition) is 0. The lowest BCUT2D eigenvalue weighted by Gasteiger charge is -2.24. The van der Waals surface area contributed by atoms with Gasteiger partial charge in [0.15, 0.2) is 0 Å². The smallest absolute Gasteiger partial charge is 0.00262 e. The monoisotopic (exact) mass is 526 g/mol. The Morgan fingerprint density at radius 3 is 1.68 bits per heavy atom. The summed E-state index contributed by atoms with van der Waals surface area (Å²) < 4.78 is 0. The summed E-state index contributed by atoms with van der Waals surface area (Å²) in [5.74, 6) is 1.17. The lowest BCUT2D eigenvalue weighted by molar-refractivity contribution is 0.428. The molecule has 0 radical (unpaired) electrons. The van der Waals surface area contributed by atoms with E-state index < -0.39 is 0 Å². The van der Waals surface area contributed by atoms with E-state index in [9.17, 15) is 0 Å². The minimum Gasteiger partial charge on any atom is -0.0802 e. The second kappa shape index (κ2) is 11.1. The molecule has 0 heterocycles. The predicted octanol–water partition coefficient (Wildman–Crippen LogP) is 11.2. The second-order valence-electron chi connectivity index (χ2n) is 11.4. The van der Waals surface area contributed by atoms with Crippen molar-refractivity contribution < 1.29 is 0 Å². The summed E-state index contributed by atoms with van der Waals surface area (Å²) in [6, 6.07) is 48.6. The number of rotatable bonds is 6. The molecule has 2 unspecified atom stereocenters. The van der Waals surface area contributed by atoms with E-state index in [1.54, 1.807) is 0 Å². The molecule has 0 spiro atoms. The van der Waals surface area contributed by atoms with Gasteiger partial charge in [0.2, 0.25) is 0 Å². The van der Waals surface area contributed by atoms with Crippen molar-refractivity contribution in [2.75, 3.05) is 0 Å². The van der Waals surface area contributed by atoms with Gasteiger partial charge in [-0.1, -0.05) is 153 Å². The van der Waals surface area contributed by atoms with Crippen LogP contribution in [-0.4, -0.2) is 0 Å². The van der Waals surface area contributed by atoms with Crippen molar-refractivity contribution >= 4 is 27.1 Å². The van der Waals surface area contributed by atoms with Crippen LogP contribution in [0.15, 0.2) is 152 Å². The van der Waals surface area contributed by atoms with Crippen molar-refractivity contribution in [3.05, 3.63) is 163 Å². The standard InChI is InChI=1S/C41H34/c1-29(27-30-13-5-2-6-14-30)31-21-23-32(24-22-31)35-25-26-38-39(28-35)41(34-17-9-4-10-18-34)37-20-12-11-19-36(37)40(38)33-15-7-3-8-16-33/h2-21,23-26,28-29,31H,22,27H2,1H3. The lowest BCUT2D eigenvalue weighted by Crippen LogP contribution is -2.13. The molecule has 7 rings (SSSR count). The molecular weight excluding hydrogens is 492 g/mol. The Balaban J connectivity index is 1.34. The van der Waals surface area contributed by atoms with E-state index in [0.717, 1.165) is 12.8 Å². The van der Waals surface area contributed by atoms with Crippen molar-refractivity contribution in [3.63, 3.8) is 0 Å². The molecule has 0 N–H and O–H groups in total. The van der Waals surface area contributed by atoms with Crippen molar-refractivity contribution in [3.8, 4) is 22.3 Å². The first-order valence-electron chi connectivity index (χ1n) is 14.8. The third-order valence-corrected chi connectivity index (χ3v) is 8.75. The number of fused-ring (bicyclic) bond motifs is 2. The molecule has 1 aliphatic carbocycles. The van der Waals surface area contributed by atoms with Crippen molar-refractivity contribution in [2.45, 2.75) is 19.8 Å². The normalized spacial score (nSPS) is 15.6. The molecule has 0 bridgehead atoms. The molecule has 0 fully saturated rings. The van der Waals surface area contributed by atoms with E-state index in [2.05, 4.69) is 159 Å². The molecule has 0 amide bonds. The van der Waals surface area contributed by atoms with E-state index in [-0.39, 0.29) is 0 Å². The topological polar surface area (TPSA) is 0 Å². The van der Waals surface area contributed by atoms with Gasteiger partial charge in [-0.2, -0.15) is 0 Å². The third-order valence-electron chi connectivity index (χ3n) is 8.75. The first-order valence-corrected chi connectivity index (χ1v) is 14.8. The number of hydrogen-bond donors (Lipinski definition) is 0. The molecule has 2 atom stereocenters. The molecule has 41 heavy (non-hydrogen) atoms. The van der Waals surface area contributed by atoms with Gasteiger partial charge >= 0.3 is 0 Å². The summed E-state index contributed by atoms with van der Waals surface area (Å²) in [5, 5.41) is 5.20. The largest absolute Gasteiger partial charge is 0.0802 e. The summed E-state index contributed by atoms with van der Waals surface area (Å²) in [7, 11) is 0. The third kappa shape index (κ3) is 4.92. The minimum atomic E-state index is 0.563. The molecule has 6 aromatic rings. The maximum atomic E-state index is 2.45. The number of allylic oxidation sites excluding steroid dienone is 4. The molecular formula is C41H34. The van der Waals surface area contributed by atoms with Crippen LogP contribution in [0.2, 0.25) is 0 Å². The average Bonchev–Trinajstić information content (AvgIpc) is 3.04. The fourth-order valence-corrected chi connectivity index (χ4v) is 6.60. The highest BCUT2D eigenvalue weighted by molar-refractivity contribution is 6.21. The van der Waals surface area contributed by atoms with Crippen LogP contribution in [0.3, 0.4) is 0 Å². The minimum absolute atomic E-state index is 0.563. The zero-order valence-corrected chi connectivity index (χ0v) is 23.5. The van der Waals surface area contributed by atoms with Gasteiger partial charge in [-0.15, -0.1) is 0 Å². The fraction of sp³-hybridized carbons (Fsp3) is 0.122. The van der Waals surface area contributed by atoms with Crippen LogP contribution in [0.4, 0.5) is 0 Å². The Bertz CT molecular complexity index is 1880. The first-order chi connectivity index (χ1) is 20.3. The van der Waals surface area contributed by atoms with E-state index in [0.29, 0.717) is 11.8 Å². The zero-order chi connectivity index (χ0) is 27.6. The van der Waals surface area contributed by atoms with E-state index in [4.69, 9.17) is 0 Å². The Morgan fingerprint density at radius 2 is 1.10 bits per heavy atom. The highest BCUT2D eigenvalue weighted by Crippen LogP contribution is 2.44. The molecule has 0 saturated carbocycles. The van der Waals surface area contributed by atoms with Gasteiger partial charge in [0.1, 0.15) is 0 Å². The van der Waals surface area contributed by atoms with E-state index in [1.165, 1.54) is 60.5 Å². The highest BCUT2D eigenvalue weighted by atomic mass is 14.2. The molecule has 198 valence electrons. The van der Waals surface area contributed by atoms with E-state index in [1.807, 2.05) is 0 Å². The number of benzene rings is 6.